The van der Waals surface area contributed by atoms with Crippen LogP contribution in [0.2, 0.25) is 0 Å². The number of carbonyl (C=O) groups excluding carboxylic acids is 1. The molecule has 0 bridgehead atoms. The van der Waals surface area contributed by atoms with E-state index in [2.05, 4.69) is 10.2 Å². The lowest BCUT2D eigenvalue weighted by atomic mass is 9.98. The van der Waals surface area contributed by atoms with Crippen LogP contribution in [0.25, 0.3) is 0 Å². The zero-order valence-corrected chi connectivity index (χ0v) is 18.5. The second-order valence-electron chi connectivity index (χ2n) is 8.17. The number of carbonyl (C=O) groups is 1. The number of hydrogen-bond acceptors (Lipinski definition) is 6. The van der Waals surface area contributed by atoms with Crippen molar-refractivity contribution in [3.8, 4) is 11.5 Å². The van der Waals surface area contributed by atoms with Crippen LogP contribution in [0.3, 0.4) is 0 Å². The summed E-state index contributed by atoms with van der Waals surface area (Å²) in [5.41, 5.74) is 2.27. The lowest BCUT2D eigenvalue weighted by Crippen LogP contribution is -2.38. The summed E-state index contributed by atoms with van der Waals surface area (Å²) < 4.78 is 44.6. The number of anilines is 2. The van der Waals surface area contributed by atoms with Gasteiger partial charge >= 0.3 is 0 Å². The van der Waals surface area contributed by atoms with Crippen LogP contribution < -0.4 is 14.8 Å². The van der Waals surface area contributed by atoms with Crippen LogP contribution in [-0.2, 0) is 11.3 Å². The van der Waals surface area contributed by atoms with Crippen molar-refractivity contribution in [2.24, 2.45) is 0 Å². The fourth-order valence-corrected chi connectivity index (χ4v) is 4.13. The molecule has 1 fully saturated rings. The van der Waals surface area contributed by atoms with Gasteiger partial charge in [-0.2, -0.15) is 0 Å². The van der Waals surface area contributed by atoms with Crippen molar-refractivity contribution >= 4 is 17.2 Å². The van der Waals surface area contributed by atoms with Crippen molar-refractivity contribution in [2.75, 3.05) is 44.8 Å². The molecule has 2 heterocycles. The molecule has 6 nitrogen and oxygen atoms in total. The molecule has 34 heavy (non-hydrogen) atoms. The van der Waals surface area contributed by atoms with Gasteiger partial charge in [0.15, 0.2) is 0 Å². The van der Waals surface area contributed by atoms with E-state index in [-0.39, 0.29) is 18.1 Å². The molecule has 0 spiro atoms. The number of ether oxygens (including phenoxy) is 3. The van der Waals surface area contributed by atoms with E-state index in [0.717, 1.165) is 44.5 Å². The van der Waals surface area contributed by atoms with Crippen LogP contribution in [0.5, 0.6) is 11.5 Å². The van der Waals surface area contributed by atoms with Crippen LogP contribution in [0, 0.1) is 11.6 Å². The molecule has 2 aliphatic heterocycles. The topological polar surface area (TPSA) is 60.0 Å². The van der Waals surface area contributed by atoms with E-state index < -0.39 is 11.6 Å². The molecule has 1 saturated heterocycles. The Kier molecular flexibility index (Phi) is 6.42. The van der Waals surface area contributed by atoms with Crippen molar-refractivity contribution in [3.05, 3.63) is 82.9 Å². The van der Waals surface area contributed by atoms with Crippen molar-refractivity contribution in [1.29, 1.82) is 0 Å². The molecule has 1 N–H and O–H groups in total. The van der Waals surface area contributed by atoms with Gasteiger partial charge in [0, 0.05) is 43.0 Å². The normalized spacial score (nSPS) is 15.6. The first kappa shape index (κ1) is 22.3. The minimum atomic E-state index is -0.710. The van der Waals surface area contributed by atoms with Gasteiger partial charge in [0.1, 0.15) is 36.3 Å². The van der Waals surface area contributed by atoms with E-state index in [1.54, 1.807) is 24.3 Å². The van der Waals surface area contributed by atoms with E-state index in [4.69, 9.17) is 14.2 Å². The van der Waals surface area contributed by atoms with Crippen LogP contribution in [0.4, 0.5) is 20.2 Å². The summed E-state index contributed by atoms with van der Waals surface area (Å²) in [7, 11) is 0. The van der Waals surface area contributed by atoms with E-state index in [0.29, 0.717) is 34.9 Å². The second-order valence-corrected chi connectivity index (χ2v) is 8.17. The molecule has 0 amide bonds. The molecule has 0 radical (unpaired) electrons. The minimum absolute atomic E-state index is 0.125. The molecule has 8 heteroatoms. The van der Waals surface area contributed by atoms with Crippen LogP contribution >= 0.6 is 0 Å². The highest BCUT2D eigenvalue weighted by Crippen LogP contribution is 2.35. The summed E-state index contributed by atoms with van der Waals surface area (Å²) in [5.74, 6) is -0.641. The Hall–Kier alpha value is -3.49. The predicted molar refractivity (Wildman–Crippen MR) is 123 cm³/mol. The maximum atomic E-state index is 14.0. The maximum Gasteiger partial charge on any atom is 0.200 e. The fraction of sp³-hybridized carbons (Fsp3) is 0.269. The molecule has 3 aromatic carbocycles. The first-order chi connectivity index (χ1) is 16.6. The maximum absolute atomic E-state index is 14.0. The number of hydrogen-bond donors (Lipinski definition) is 1. The molecule has 2 aliphatic rings. The molecule has 0 aliphatic carbocycles. The third-order valence-corrected chi connectivity index (χ3v) is 5.93. The monoisotopic (exact) mass is 466 g/mol. The lowest BCUT2D eigenvalue weighted by Gasteiger charge is -2.26. The third kappa shape index (κ3) is 4.73. The Bertz CT molecular complexity index is 1210. The second kappa shape index (κ2) is 9.79. The Labute approximate surface area is 196 Å². The van der Waals surface area contributed by atoms with Crippen molar-refractivity contribution in [3.63, 3.8) is 0 Å². The van der Waals surface area contributed by atoms with Crippen molar-refractivity contribution < 1.29 is 27.8 Å². The molecule has 0 atom stereocenters. The third-order valence-electron chi connectivity index (χ3n) is 5.93. The number of halogens is 2. The zero-order valence-electron chi connectivity index (χ0n) is 18.5. The van der Waals surface area contributed by atoms with Gasteiger partial charge < -0.3 is 19.5 Å². The number of benzene rings is 3. The number of ketones is 1. The molecule has 176 valence electrons. The predicted octanol–water partition coefficient (Wildman–Crippen LogP) is 4.54. The van der Waals surface area contributed by atoms with Gasteiger partial charge in [0.05, 0.1) is 30.0 Å². The Balaban J connectivity index is 1.35. The van der Waals surface area contributed by atoms with Crippen LogP contribution in [0.15, 0.2) is 54.6 Å². The van der Waals surface area contributed by atoms with E-state index in [1.165, 1.54) is 12.1 Å². The number of morpholine rings is 1. The summed E-state index contributed by atoms with van der Waals surface area (Å²) in [6, 6.07) is 13.7. The molecule has 3 aromatic rings. The van der Waals surface area contributed by atoms with E-state index in [1.807, 2.05) is 12.1 Å². The van der Waals surface area contributed by atoms with Gasteiger partial charge in [0.2, 0.25) is 5.78 Å². The molecule has 5 rings (SSSR count). The fourth-order valence-electron chi connectivity index (χ4n) is 4.13. The first-order valence-corrected chi connectivity index (χ1v) is 11.2. The molecule has 0 aromatic heterocycles. The molecular weight excluding hydrogens is 442 g/mol. The summed E-state index contributed by atoms with van der Waals surface area (Å²) in [5, 5.41) is 2.91. The summed E-state index contributed by atoms with van der Waals surface area (Å²) >= 11 is 0. The highest BCUT2D eigenvalue weighted by Gasteiger charge is 2.26. The van der Waals surface area contributed by atoms with Gasteiger partial charge in [-0.1, -0.05) is 12.1 Å². The lowest BCUT2D eigenvalue weighted by molar-refractivity contribution is 0.0322. The van der Waals surface area contributed by atoms with E-state index >= 15 is 0 Å². The summed E-state index contributed by atoms with van der Waals surface area (Å²) in [4.78, 5) is 15.7. The Morgan fingerprint density at radius 2 is 1.88 bits per heavy atom. The van der Waals surface area contributed by atoms with Gasteiger partial charge in [-0.3, -0.25) is 9.69 Å². The number of rotatable bonds is 6. The highest BCUT2D eigenvalue weighted by atomic mass is 19.1. The SMILES string of the molecule is O=C1c2ccc(Nc3ccc(F)cc3F)cc2OCc2cccc(OCCN3CCOCC3)c21. The van der Waals surface area contributed by atoms with Crippen LogP contribution in [-0.4, -0.2) is 50.1 Å². The number of nitrogens with zero attached hydrogens (tertiary/aromatic N) is 1. The highest BCUT2D eigenvalue weighted by molar-refractivity contribution is 6.13. The average Bonchev–Trinajstić information content (AvgIpc) is 2.98. The van der Waals surface area contributed by atoms with E-state index in [9.17, 15) is 13.6 Å². The Morgan fingerprint density at radius 1 is 1.03 bits per heavy atom. The first-order valence-electron chi connectivity index (χ1n) is 11.2. The summed E-state index contributed by atoms with van der Waals surface area (Å²) in [6.07, 6.45) is 0. The van der Waals surface area contributed by atoms with Crippen molar-refractivity contribution in [1.82, 2.24) is 4.90 Å². The molecule has 0 saturated carbocycles. The molecular formula is C26H24F2N2O4. The quantitative estimate of drug-likeness (QED) is 0.576. The van der Waals surface area contributed by atoms with Gasteiger partial charge in [-0.15, -0.1) is 0 Å². The standard InChI is InChI=1S/C26H24F2N2O4/c27-18-4-7-22(21(28)14-18)29-19-5-6-20-24(15-19)34-16-17-2-1-3-23(25(17)26(20)31)33-13-10-30-8-11-32-12-9-30/h1-7,14-15,29H,8-13,16H2. The van der Waals surface area contributed by atoms with Crippen molar-refractivity contribution in [2.45, 2.75) is 6.61 Å². The smallest absolute Gasteiger partial charge is 0.200 e. The number of fused-ring (bicyclic) bond motifs is 2. The summed E-state index contributed by atoms with van der Waals surface area (Å²) in [6.45, 7) is 4.59. The van der Waals surface area contributed by atoms with Crippen LogP contribution in [0.1, 0.15) is 21.5 Å². The largest absolute Gasteiger partial charge is 0.491 e. The zero-order chi connectivity index (χ0) is 23.5. The number of nitrogens with one attached hydrogen (secondary N) is 1. The van der Waals surface area contributed by atoms with Gasteiger partial charge in [-0.05, 0) is 30.3 Å². The van der Waals surface area contributed by atoms with Gasteiger partial charge in [-0.25, -0.2) is 8.78 Å². The molecule has 0 unspecified atom stereocenters. The Morgan fingerprint density at radius 3 is 2.71 bits per heavy atom. The minimum Gasteiger partial charge on any atom is -0.491 e. The van der Waals surface area contributed by atoms with Gasteiger partial charge in [0.25, 0.3) is 0 Å². The average molecular weight is 466 g/mol.